The third-order valence-electron chi connectivity index (χ3n) is 3.98. The van der Waals surface area contributed by atoms with E-state index in [1.54, 1.807) is 0 Å². The summed E-state index contributed by atoms with van der Waals surface area (Å²) in [5.41, 5.74) is 2.17. The fourth-order valence-electron chi connectivity index (χ4n) is 2.62. The number of nitrogens with zero attached hydrogens (tertiary/aromatic N) is 1. The van der Waals surface area contributed by atoms with Crippen LogP contribution in [0.2, 0.25) is 0 Å². The average molecular weight is 285 g/mol. The van der Waals surface area contributed by atoms with Gasteiger partial charge < -0.3 is 5.11 Å². The van der Waals surface area contributed by atoms with Crippen LogP contribution in [-0.4, -0.2) is 16.1 Å². The van der Waals surface area contributed by atoms with Gasteiger partial charge in [0.1, 0.15) is 0 Å². The Hall–Kier alpha value is -1.90. The van der Waals surface area contributed by atoms with Gasteiger partial charge >= 0.3 is 5.97 Å². The molecule has 2 aromatic rings. The Morgan fingerprint density at radius 2 is 1.95 bits per heavy atom. The van der Waals surface area contributed by atoms with Gasteiger partial charge in [-0.3, -0.25) is 9.78 Å². The maximum atomic E-state index is 10.9. The Kier molecular flexibility index (Phi) is 5.73. The molecule has 1 aromatic heterocycles. The number of carboxylic acid groups (broad SMARTS) is 1. The quantitative estimate of drug-likeness (QED) is 0.729. The summed E-state index contributed by atoms with van der Waals surface area (Å²) >= 11 is 0. The first-order chi connectivity index (χ1) is 10.2. The maximum Gasteiger partial charge on any atom is 0.306 e. The Morgan fingerprint density at radius 3 is 2.71 bits per heavy atom. The summed E-state index contributed by atoms with van der Waals surface area (Å²) in [5.74, 6) is -0.836. The second kappa shape index (κ2) is 7.77. The minimum absolute atomic E-state index is 0.177. The predicted molar refractivity (Wildman–Crippen MR) is 85.3 cm³/mol. The zero-order valence-electron chi connectivity index (χ0n) is 12.6. The number of hydrogen-bond donors (Lipinski definition) is 1. The number of carboxylic acids is 1. The van der Waals surface area contributed by atoms with Gasteiger partial charge in [-0.05, 0) is 37.8 Å². The van der Waals surface area contributed by atoms with Crippen molar-refractivity contribution in [2.45, 2.75) is 45.4 Å². The summed E-state index contributed by atoms with van der Waals surface area (Å²) in [6, 6.07) is 12.4. The third kappa shape index (κ3) is 4.55. The number of pyridine rings is 1. The molecule has 0 aliphatic carbocycles. The van der Waals surface area contributed by atoms with Crippen molar-refractivity contribution in [3.8, 4) is 0 Å². The van der Waals surface area contributed by atoms with Gasteiger partial charge in [0.15, 0.2) is 0 Å². The van der Waals surface area contributed by atoms with Crippen LogP contribution >= 0.6 is 0 Å². The fraction of sp³-hybridized carbons (Fsp3) is 0.444. The van der Waals surface area contributed by atoms with Crippen molar-refractivity contribution >= 4 is 16.9 Å². The molecule has 1 unspecified atom stereocenters. The molecule has 0 saturated heterocycles. The Labute approximate surface area is 126 Å². The molecule has 0 fully saturated rings. The van der Waals surface area contributed by atoms with Crippen LogP contribution in [0.3, 0.4) is 0 Å². The zero-order valence-corrected chi connectivity index (χ0v) is 12.6. The van der Waals surface area contributed by atoms with E-state index in [9.17, 15) is 4.79 Å². The van der Waals surface area contributed by atoms with Gasteiger partial charge in [-0.15, -0.1) is 0 Å². The molecule has 1 N–H and O–H groups in total. The summed E-state index contributed by atoms with van der Waals surface area (Å²) in [6.45, 7) is 1.94. The van der Waals surface area contributed by atoms with Crippen molar-refractivity contribution in [2.24, 2.45) is 5.92 Å². The molecule has 0 saturated carbocycles. The van der Waals surface area contributed by atoms with Crippen molar-refractivity contribution in [3.63, 3.8) is 0 Å². The van der Waals surface area contributed by atoms with Gasteiger partial charge in [0, 0.05) is 11.1 Å². The van der Waals surface area contributed by atoms with Crippen molar-refractivity contribution in [1.82, 2.24) is 4.98 Å². The molecular weight excluding hydrogens is 262 g/mol. The number of aryl methyl sites for hydroxylation is 1. The SMILES string of the molecule is CCC(CCCCCc1ccc2ccccc2n1)C(=O)O. The van der Waals surface area contributed by atoms with Crippen LogP contribution in [0, 0.1) is 5.92 Å². The maximum absolute atomic E-state index is 10.9. The van der Waals surface area contributed by atoms with E-state index in [1.807, 2.05) is 25.1 Å². The van der Waals surface area contributed by atoms with Crippen LogP contribution in [0.4, 0.5) is 0 Å². The largest absolute Gasteiger partial charge is 0.481 e. The summed E-state index contributed by atoms with van der Waals surface area (Å²) in [6.07, 6.45) is 5.60. The normalized spacial score (nSPS) is 12.4. The number of fused-ring (bicyclic) bond motifs is 1. The molecule has 2 rings (SSSR count). The average Bonchev–Trinajstić information content (AvgIpc) is 2.50. The van der Waals surface area contributed by atoms with E-state index in [0.717, 1.165) is 49.7 Å². The van der Waals surface area contributed by atoms with Crippen molar-refractivity contribution in [1.29, 1.82) is 0 Å². The lowest BCUT2D eigenvalue weighted by Crippen LogP contribution is -2.12. The molecule has 0 radical (unpaired) electrons. The molecule has 0 bridgehead atoms. The topological polar surface area (TPSA) is 50.2 Å². The number of rotatable bonds is 8. The molecule has 1 heterocycles. The number of para-hydroxylation sites is 1. The molecule has 21 heavy (non-hydrogen) atoms. The first-order valence-electron chi connectivity index (χ1n) is 7.78. The zero-order chi connectivity index (χ0) is 15.1. The van der Waals surface area contributed by atoms with E-state index in [0.29, 0.717) is 0 Å². The van der Waals surface area contributed by atoms with Crippen LogP contribution in [0.5, 0.6) is 0 Å². The summed E-state index contributed by atoms with van der Waals surface area (Å²) in [5, 5.41) is 10.2. The highest BCUT2D eigenvalue weighted by atomic mass is 16.4. The van der Waals surface area contributed by atoms with Crippen molar-refractivity contribution in [2.75, 3.05) is 0 Å². The second-order valence-electron chi connectivity index (χ2n) is 5.54. The smallest absolute Gasteiger partial charge is 0.306 e. The minimum atomic E-state index is -0.659. The van der Waals surface area contributed by atoms with Gasteiger partial charge in [0.25, 0.3) is 0 Å². The predicted octanol–water partition coefficient (Wildman–Crippen LogP) is 4.45. The van der Waals surface area contributed by atoms with Gasteiger partial charge in [-0.2, -0.15) is 0 Å². The van der Waals surface area contributed by atoms with Gasteiger partial charge in [0.05, 0.1) is 11.4 Å². The molecule has 112 valence electrons. The number of carbonyl (C=O) groups is 1. The van der Waals surface area contributed by atoms with Gasteiger partial charge in [0.2, 0.25) is 0 Å². The molecule has 1 aromatic carbocycles. The van der Waals surface area contributed by atoms with E-state index < -0.39 is 5.97 Å². The fourth-order valence-corrected chi connectivity index (χ4v) is 2.62. The first-order valence-corrected chi connectivity index (χ1v) is 7.78. The molecule has 3 nitrogen and oxygen atoms in total. The highest BCUT2D eigenvalue weighted by Gasteiger charge is 2.13. The monoisotopic (exact) mass is 285 g/mol. The first kappa shape index (κ1) is 15.5. The van der Waals surface area contributed by atoms with Crippen molar-refractivity contribution in [3.05, 3.63) is 42.1 Å². The Morgan fingerprint density at radius 1 is 1.14 bits per heavy atom. The van der Waals surface area contributed by atoms with Crippen LogP contribution < -0.4 is 0 Å². The molecule has 0 aliphatic rings. The molecule has 0 aliphatic heterocycles. The number of benzene rings is 1. The van der Waals surface area contributed by atoms with Gasteiger partial charge in [-0.25, -0.2) is 0 Å². The summed E-state index contributed by atoms with van der Waals surface area (Å²) in [7, 11) is 0. The Balaban J connectivity index is 1.76. The lowest BCUT2D eigenvalue weighted by atomic mass is 9.98. The number of aromatic nitrogens is 1. The standard InChI is InChI=1S/C18H23NO2/c1-2-14(18(20)21)8-4-3-5-10-16-13-12-15-9-6-7-11-17(15)19-16/h6-7,9,11-14H,2-5,8,10H2,1H3,(H,20,21). The lowest BCUT2D eigenvalue weighted by molar-refractivity contribution is -0.142. The van der Waals surface area contributed by atoms with Crippen LogP contribution in [-0.2, 0) is 11.2 Å². The molecule has 0 amide bonds. The van der Waals surface area contributed by atoms with E-state index in [1.165, 1.54) is 5.39 Å². The van der Waals surface area contributed by atoms with Crippen LogP contribution in [0.1, 0.15) is 44.7 Å². The molecule has 0 spiro atoms. The molecule has 3 heteroatoms. The van der Waals surface area contributed by atoms with E-state index in [4.69, 9.17) is 5.11 Å². The molecular formula is C18H23NO2. The number of unbranched alkanes of at least 4 members (excludes halogenated alkanes) is 2. The van der Waals surface area contributed by atoms with Crippen molar-refractivity contribution < 1.29 is 9.90 Å². The summed E-state index contributed by atoms with van der Waals surface area (Å²) in [4.78, 5) is 15.6. The second-order valence-corrected chi connectivity index (χ2v) is 5.54. The highest BCUT2D eigenvalue weighted by Crippen LogP contribution is 2.16. The van der Waals surface area contributed by atoms with E-state index in [2.05, 4.69) is 23.2 Å². The van der Waals surface area contributed by atoms with E-state index >= 15 is 0 Å². The Bertz CT molecular complexity index is 595. The van der Waals surface area contributed by atoms with Gasteiger partial charge in [-0.1, -0.05) is 44.0 Å². The van der Waals surface area contributed by atoms with Crippen LogP contribution in [0.15, 0.2) is 36.4 Å². The highest BCUT2D eigenvalue weighted by molar-refractivity contribution is 5.78. The third-order valence-corrected chi connectivity index (χ3v) is 3.98. The molecule has 1 atom stereocenters. The number of aliphatic carboxylic acids is 1. The lowest BCUT2D eigenvalue weighted by Gasteiger charge is -2.09. The minimum Gasteiger partial charge on any atom is -0.481 e. The van der Waals surface area contributed by atoms with E-state index in [-0.39, 0.29) is 5.92 Å². The number of hydrogen-bond acceptors (Lipinski definition) is 2. The summed E-state index contributed by atoms with van der Waals surface area (Å²) < 4.78 is 0. The van der Waals surface area contributed by atoms with Crippen LogP contribution in [0.25, 0.3) is 10.9 Å².